The van der Waals surface area contributed by atoms with Crippen LogP contribution in [-0.2, 0) is 12.8 Å². The highest BCUT2D eigenvalue weighted by atomic mass is 35.5. The first kappa shape index (κ1) is 14.6. The van der Waals surface area contributed by atoms with E-state index in [2.05, 4.69) is 43.4 Å². The molecule has 0 fully saturated rings. The standard InChI is InChI=1S/C16H20ClNS/c1-3-12-9-10-13(19-12)11-16(18-4-2)14-7-5-6-8-15(14)17/h5-10,16,18H,3-4,11H2,1-2H3. The Balaban J connectivity index is 2.18. The van der Waals surface area contributed by atoms with Crippen molar-refractivity contribution in [2.75, 3.05) is 6.54 Å². The summed E-state index contributed by atoms with van der Waals surface area (Å²) in [6, 6.07) is 12.9. The number of nitrogens with one attached hydrogen (secondary N) is 1. The van der Waals surface area contributed by atoms with E-state index in [9.17, 15) is 0 Å². The fourth-order valence-electron chi connectivity index (χ4n) is 2.22. The van der Waals surface area contributed by atoms with Gasteiger partial charge in [-0.05, 0) is 36.7 Å². The van der Waals surface area contributed by atoms with Gasteiger partial charge in [0.2, 0.25) is 0 Å². The molecule has 0 spiro atoms. The van der Waals surface area contributed by atoms with E-state index in [0.717, 1.165) is 24.4 Å². The van der Waals surface area contributed by atoms with Crippen LogP contribution in [0.1, 0.15) is 35.2 Å². The molecule has 0 saturated heterocycles. The van der Waals surface area contributed by atoms with Gasteiger partial charge in [-0.2, -0.15) is 0 Å². The third-order valence-corrected chi connectivity index (χ3v) is 4.80. The van der Waals surface area contributed by atoms with Crippen LogP contribution in [-0.4, -0.2) is 6.54 Å². The second-order valence-electron chi connectivity index (χ2n) is 4.56. The molecule has 3 heteroatoms. The molecule has 2 rings (SSSR count). The van der Waals surface area contributed by atoms with E-state index in [-0.39, 0.29) is 0 Å². The predicted octanol–water partition coefficient (Wildman–Crippen LogP) is 4.86. The van der Waals surface area contributed by atoms with Crippen LogP contribution in [0.3, 0.4) is 0 Å². The minimum Gasteiger partial charge on any atom is -0.310 e. The summed E-state index contributed by atoms with van der Waals surface area (Å²) in [6.07, 6.45) is 2.12. The van der Waals surface area contributed by atoms with Crippen LogP contribution in [0.4, 0.5) is 0 Å². The van der Waals surface area contributed by atoms with Gasteiger partial charge in [-0.1, -0.05) is 43.6 Å². The van der Waals surface area contributed by atoms with Crippen LogP contribution >= 0.6 is 22.9 Å². The molecule has 0 aliphatic rings. The van der Waals surface area contributed by atoms with Crippen LogP contribution in [0.5, 0.6) is 0 Å². The van der Waals surface area contributed by atoms with Crippen molar-refractivity contribution in [3.05, 3.63) is 56.7 Å². The second-order valence-corrected chi connectivity index (χ2v) is 6.22. The Morgan fingerprint density at radius 1 is 1.11 bits per heavy atom. The molecule has 1 nitrogen and oxygen atoms in total. The molecule has 19 heavy (non-hydrogen) atoms. The number of thiophene rings is 1. The van der Waals surface area contributed by atoms with Crippen molar-refractivity contribution in [1.29, 1.82) is 0 Å². The summed E-state index contributed by atoms with van der Waals surface area (Å²) in [5, 5.41) is 4.39. The highest BCUT2D eigenvalue weighted by molar-refractivity contribution is 7.11. The lowest BCUT2D eigenvalue weighted by atomic mass is 10.0. The number of benzene rings is 1. The minimum absolute atomic E-state index is 0.294. The number of hydrogen-bond donors (Lipinski definition) is 1. The fourth-order valence-corrected chi connectivity index (χ4v) is 3.49. The lowest BCUT2D eigenvalue weighted by Gasteiger charge is -2.18. The van der Waals surface area contributed by atoms with E-state index in [1.54, 1.807) is 0 Å². The average molecular weight is 294 g/mol. The van der Waals surface area contributed by atoms with Crippen LogP contribution in [0.2, 0.25) is 5.02 Å². The van der Waals surface area contributed by atoms with E-state index in [4.69, 9.17) is 11.6 Å². The fraction of sp³-hybridized carbons (Fsp3) is 0.375. The maximum absolute atomic E-state index is 6.32. The number of rotatable bonds is 6. The van der Waals surface area contributed by atoms with Gasteiger partial charge in [-0.25, -0.2) is 0 Å². The maximum atomic E-state index is 6.32. The molecule has 0 aliphatic heterocycles. The lowest BCUT2D eigenvalue weighted by molar-refractivity contribution is 0.553. The summed E-state index contributed by atoms with van der Waals surface area (Å²) in [7, 11) is 0. The molecule has 1 aromatic heterocycles. The Morgan fingerprint density at radius 2 is 1.84 bits per heavy atom. The van der Waals surface area contributed by atoms with Crippen LogP contribution in [0, 0.1) is 0 Å². The smallest absolute Gasteiger partial charge is 0.0453 e. The number of hydrogen-bond acceptors (Lipinski definition) is 2. The SMILES string of the molecule is CCNC(Cc1ccc(CC)s1)c1ccccc1Cl. The zero-order valence-corrected chi connectivity index (χ0v) is 13.0. The molecular formula is C16H20ClNS. The second kappa shape index (κ2) is 7.09. The molecule has 2 aromatic rings. The first-order chi connectivity index (χ1) is 9.24. The first-order valence-electron chi connectivity index (χ1n) is 6.80. The van der Waals surface area contributed by atoms with Gasteiger partial charge in [0.05, 0.1) is 0 Å². The van der Waals surface area contributed by atoms with Gasteiger partial charge in [0, 0.05) is 27.2 Å². The van der Waals surface area contributed by atoms with Gasteiger partial charge in [-0.3, -0.25) is 0 Å². The normalized spacial score (nSPS) is 12.6. The summed E-state index contributed by atoms with van der Waals surface area (Å²) < 4.78 is 0. The van der Waals surface area contributed by atoms with Crippen molar-refractivity contribution in [3.8, 4) is 0 Å². The van der Waals surface area contributed by atoms with Gasteiger partial charge in [0.1, 0.15) is 0 Å². The Bertz CT molecular complexity index is 521. The van der Waals surface area contributed by atoms with Crippen LogP contribution in [0.15, 0.2) is 36.4 Å². The van der Waals surface area contributed by atoms with Crippen molar-refractivity contribution >= 4 is 22.9 Å². The van der Waals surface area contributed by atoms with Crippen molar-refractivity contribution in [2.45, 2.75) is 32.7 Å². The quantitative estimate of drug-likeness (QED) is 0.802. The summed E-state index contributed by atoms with van der Waals surface area (Å²) in [4.78, 5) is 2.87. The molecule has 1 N–H and O–H groups in total. The Labute approximate surface area is 124 Å². The highest BCUT2D eigenvalue weighted by Gasteiger charge is 2.15. The van der Waals surface area contributed by atoms with Gasteiger partial charge >= 0.3 is 0 Å². The molecular weight excluding hydrogens is 274 g/mol. The third-order valence-electron chi connectivity index (χ3n) is 3.20. The molecule has 1 unspecified atom stereocenters. The zero-order valence-electron chi connectivity index (χ0n) is 11.4. The molecule has 1 heterocycles. The van der Waals surface area contributed by atoms with Gasteiger partial charge < -0.3 is 5.32 Å². The molecule has 0 aliphatic carbocycles. The summed E-state index contributed by atoms with van der Waals surface area (Å²) >= 11 is 8.22. The van der Waals surface area contributed by atoms with E-state index in [1.807, 2.05) is 23.5 Å². The maximum Gasteiger partial charge on any atom is 0.0453 e. The zero-order chi connectivity index (χ0) is 13.7. The van der Waals surface area contributed by atoms with E-state index >= 15 is 0 Å². The van der Waals surface area contributed by atoms with E-state index in [1.165, 1.54) is 15.3 Å². The summed E-state index contributed by atoms with van der Waals surface area (Å²) in [5.74, 6) is 0. The summed E-state index contributed by atoms with van der Waals surface area (Å²) in [6.45, 7) is 5.28. The van der Waals surface area contributed by atoms with Gasteiger partial charge in [0.15, 0.2) is 0 Å². The van der Waals surface area contributed by atoms with Gasteiger partial charge in [-0.15, -0.1) is 11.3 Å². The average Bonchev–Trinajstić information content (AvgIpc) is 2.87. The molecule has 0 radical (unpaired) electrons. The van der Waals surface area contributed by atoms with Crippen LogP contribution < -0.4 is 5.32 Å². The molecule has 0 amide bonds. The Hall–Kier alpha value is -0.830. The van der Waals surface area contributed by atoms with E-state index in [0.29, 0.717) is 6.04 Å². The van der Waals surface area contributed by atoms with Crippen molar-refractivity contribution < 1.29 is 0 Å². The predicted molar refractivity (Wildman–Crippen MR) is 85.3 cm³/mol. The van der Waals surface area contributed by atoms with Gasteiger partial charge in [0.25, 0.3) is 0 Å². The Morgan fingerprint density at radius 3 is 2.47 bits per heavy atom. The first-order valence-corrected chi connectivity index (χ1v) is 7.99. The highest BCUT2D eigenvalue weighted by Crippen LogP contribution is 2.28. The number of aryl methyl sites for hydroxylation is 1. The van der Waals surface area contributed by atoms with Crippen molar-refractivity contribution in [3.63, 3.8) is 0 Å². The molecule has 1 atom stereocenters. The van der Waals surface area contributed by atoms with Crippen molar-refractivity contribution in [2.24, 2.45) is 0 Å². The minimum atomic E-state index is 0.294. The molecule has 102 valence electrons. The Kier molecular flexibility index (Phi) is 5.44. The topological polar surface area (TPSA) is 12.0 Å². The number of halogens is 1. The van der Waals surface area contributed by atoms with Crippen molar-refractivity contribution in [1.82, 2.24) is 5.32 Å². The molecule has 1 aromatic carbocycles. The van der Waals surface area contributed by atoms with E-state index < -0.39 is 0 Å². The van der Waals surface area contributed by atoms with Crippen LogP contribution in [0.25, 0.3) is 0 Å². The molecule has 0 saturated carbocycles. The third kappa shape index (κ3) is 3.82. The molecule has 0 bridgehead atoms. The summed E-state index contributed by atoms with van der Waals surface area (Å²) in [5.41, 5.74) is 1.19. The lowest BCUT2D eigenvalue weighted by Crippen LogP contribution is -2.22. The number of likely N-dealkylation sites (N-methyl/N-ethyl adjacent to an activating group) is 1. The monoisotopic (exact) mass is 293 g/mol. The largest absolute Gasteiger partial charge is 0.310 e.